The zero-order valence-electron chi connectivity index (χ0n) is 11.5. The van der Waals surface area contributed by atoms with Crippen LogP contribution in [-0.2, 0) is 0 Å². The van der Waals surface area contributed by atoms with Crippen LogP contribution < -0.4 is 0 Å². The Labute approximate surface area is 97.2 Å². The van der Waals surface area contributed by atoms with E-state index in [2.05, 4.69) is 40.7 Å². The first-order chi connectivity index (χ1) is 7.06. The van der Waals surface area contributed by atoms with Crippen molar-refractivity contribution in [2.24, 2.45) is 11.8 Å². The van der Waals surface area contributed by atoms with E-state index >= 15 is 0 Å². The molecule has 0 heteroatoms. The average Bonchev–Trinajstić information content (AvgIpc) is 2.17. The van der Waals surface area contributed by atoms with Gasteiger partial charge in [0.25, 0.3) is 0 Å². The molecule has 0 saturated heterocycles. The van der Waals surface area contributed by atoms with E-state index in [1.165, 1.54) is 38.5 Å². The van der Waals surface area contributed by atoms with Crippen molar-refractivity contribution in [3.05, 3.63) is 11.6 Å². The molecule has 15 heavy (non-hydrogen) atoms. The summed E-state index contributed by atoms with van der Waals surface area (Å²) in [6.45, 7) is 11.4. The summed E-state index contributed by atoms with van der Waals surface area (Å²) in [5.74, 6) is 1.80. The molecule has 0 aromatic carbocycles. The minimum Gasteiger partial charge on any atom is -0.0887 e. The van der Waals surface area contributed by atoms with Crippen molar-refractivity contribution in [2.75, 3.05) is 0 Å². The average molecular weight is 210 g/mol. The van der Waals surface area contributed by atoms with E-state index in [0.717, 1.165) is 11.8 Å². The summed E-state index contributed by atoms with van der Waals surface area (Å²) in [7, 11) is 0. The second kappa shape index (κ2) is 9.00. The van der Waals surface area contributed by atoms with Crippen LogP contribution in [-0.4, -0.2) is 0 Å². The van der Waals surface area contributed by atoms with Gasteiger partial charge < -0.3 is 0 Å². The maximum Gasteiger partial charge on any atom is -0.0323 e. The topological polar surface area (TPSA) is 0 Å². The largest absolute Gasteiger partial charge is 0.0887 e. The third-order valence-electron chi connectivity index (χ3n) is 3.24. The minimum absolute atomic E-state index is 0.877. The highest BCUT2D eigenvalue weighted by atomic mass is 14.1. The maximum atomic E-state index is 2.41. The highest BCUT2D eigenvalue weighted by Crippen LogP contribution is 2.18. The van der Waals surface area contributed by atoms with Crippen LogP contribution in [0, 0.1) is 11.8 Å². The number of hydrogen-bond donors (Lipinski definition) is 0. The van der Waals surface area contributed by atoms with E-state index in [9.17, 15) is 0 Å². The SMILES string of the molecule is C/C=C(\C)CCCC(C)CCCC(C)C. The van der Waals surface area contributed by atoms with E-state index in [1.54, 1.807) is 5.57 Å². The molecule has 0 radical (unpaired) electrons. The summed E-state index contributed by atoms with van der Waals surface area (Å²) in [4.78, 5) is 0. The number of allylic oxidation sites excluding steroid dienone is 2. The van der Waals surface area contributed by atoms with Crippen LogP contribution in [0.1, 0.15) is 73.1 Å². The predicted octanol–water partition coefficient (Wildman–Crippen LogP) is 5.59. The Kier molecular flexibility index (Phi) is 8.85. The van der Waals surface area contributed by atoms with Crippen LogP contribution in [0.5, 0.6) is 0 Å². The van der Waals surface area contributed by atoms with Crippen LogP contribution in [0.4, 0.5) is 0 Å². The molecule has 0 spiro atoms. The summed E-state index contributed by atoms with van der Waals surface area (Å²) in [5.41, 5.74) is 1.55. The molecule has 0 saturated carbocycles. The van der Waals surface area contributed by atoms with Crippen molar-refractivity contribution in [2.45, 2.75) is 73.1 Å². The molecule has 0 aliphatic carbocycles. The molecular weight excluding hydrogens is 180 g/mol. The fourth-order valence-corrected chi connectivity index (χ4v) is 1.89. The quantitative estimate of drug-likeness (QED) is 0.458. The lowest BCUT2D eigenvalue weighted by Crippen LogP contribution is -1.97. The van der Waals surface area contributed by atoms with E-state index in [4.69, 9.17) is 0 Å². The van der Waals surface area contributed by atoms with Crippen LogP contribution in [0.2, 0.25) is 0 Å². The van der Waals surface area contributed by atoms with Gasteiger partial charge in [-0.1, -0.05) is 58.1 Å². The number of rotatable bonds is 8. The number of hydrogen-bond acceptors (Lipinski definition) is 0. The molecule has 0 aromatic rings. The van der Waals surface area contributed by atoms with Crippen LogP contribution in [0.15, 0.2) is 11.6 Å². The summed E-state index contributed by atoms with van der Waals surface area (Å²) in [5, 5.41) is 0. The third kappa shape index (κ3) is 10.0. The Balaban J connectivity index is 3.37. The molecule has 90 valence electrons. The van der Waals surface area contributed by atoms with Gasteiger partial charge in [0.05, 0.1) is 0 Å². The summed E-state index contributed by atoms with van der Waals surface area (Å²) >= 11 is 0. The first-order valence-electron chi connectivity index (χ1n) is 6.68. The Morgan fingerprint density at radius 3 is 2.13 bits per heavy atom. The van der Waals surface area contributed by atoms with Gasteiger partial charge in [-0.05, 0) is 38.5 Å². The van der Waals surface area contributed by atoms with E-state index in [1.807, 2.05) is 0 Å². The summed E-state index contributed by atoms with van der Waals surface area (Å²) in [6, 6.07) is 0. The Morgan fingerprint density at radius 2 is 1.60 bits per heavy atom. The Morgan fingerprint density at radius 1 is 1.00 bits per heavy atom. The second-order valence-corrected chi connectivity index (χ2v) is 5.46. The first-order valence-corrected chi connectivity index (χ1v) is 6.68. The van der Waals surface area contributed by atoms with Gasteiger partial charge in [0.2, 0.25) is 0 Å². The maximum absolute atomic E-state index is 2.41. The van der Waals surface area contributed by atoms with Crippen molar-refractivity contribution in [1.82, 2.24) is 0 Å². The standard InChI is InChI=1S/C15H30/c1-6-14(4)10-8-12-15(5)11-7-9-13(2)3/h6,13,15H,7-12H2,1-5H3/b14-6+. The highest BCUT2D eigenvalue weighted by molar-refractivity contribution is 4.94. The third-order valence-corrected chi connectivity index (χ3v) is 3.24. The molecule has 0 bridgehead atoms. The molecule has 1 atom stereocenters. The van der Waals surface area contributed by atoms with E-state index in [-0.39, 0.29) is 0 Å². The molecule has 0 aliphatic heterocycles. The zero-order chi connectivity index (χ0) is 11.7. The Hall–Kier alpha value is -0.260. The van der Waals surface area contributed by atoms with Gasteiger partial charge in [-0.15, -0.1) is 0 Å². The molecule has 0 fully saturated rings. The molecule has 0 aliphatic rings. The summed E-state index contributed by atoms with van der Waals surface area (Å²) < 4.78 is 0. The molecule has 0 heterocycles. The summed E-state index contributed by atoms with van der Waals surface area (Å²) in [6.07, 6.45) is 10.6. The molecular formula is C15H30. The molecule has 1 unspecified atom stereocenters. The lowest BCUT2D eigenvalue weighted by molar-refractivity contribution is 0.427. The van der Waals surface area contributed by atoms with Gasteiger partial charge >= 0.3 is 0 Å². The van der Waals surface area contributed by atoms with Gasteiger partial charge in [0.15, 0.2) is 0 Å². The van der Waals surface area contributed by atoms with Gasteiger partial charge in [-0.3, -0.25) is 0 Å². The fourth-order valence-electron chi connectivity index (χ4n) is 1.89. The van der Waals surface area contributed by atoms with Gasteiger partial charge in [0, 0.05) is 0 Å². The lowest BCUT2D eigenvalue weighted by atomic mass is 9.94. The van der Waals surface area contributed by atoms with Crippen LogP contribution >= 0.6 is 0 Å². The van der Waals surface area contributed by atoms with Crippen molar-refractivity contribution in [3.8, 4) is 0 Å². The molecule has 0 aromatic heterocycles. The van der Waals surface area contributed by atoms with Crippen molar-refractivity contribution >= 4 is 0 Å². The van der Waals surface area contributed by atoms with Crippen molar-refractivity contribution in [1.29, 1.82) is 0 Å². The fraction of sp³-hybridized carbons (Fsp3) is 0.867. The normalized spacial score (nSPS) is 14.7. The molecule has 0 rings (SSSR count). The second-order valence-electron chi connectivity index (χ2n) is 5.46. The minimum atomic E-state index is 0.877. The van der Waals surface area contributed by atoms with E-state index in [0.29, 0.717) is 0 Å². The van der Waals surface area contributed by atoms with Crippen LogP contribution in [0.25, 0.3) is 0 Å². The van der Waals surface area contributed by atoms with Crippen LogP contribution in [0.3, 0.4) is 0 Å². The molecule has 0 nitrogen and oxygen atoms in total. The Bertz CT molecular complexity index is 165. The van der Waals surface area contributed by atoms with E-state index < -0.39 is 0 Å². The first kappa shape index (κ1) is 14.7. The molecule has 0 amide bonds. The molecule has 0 N–H and O–H groups in total. The van der Waals surface area contributed by atoms with Gasteiger partial charge in [-0.2, -0.15) is 0 Å². The van der Waals surface area contributed by atoms with Gasteiger partial charge in [0.1, 0.15) is 0 Å². The zero-order valence-corrected chi connectivity index (χ0v) is 11.5. The predicted molar refractivity (Wildman–Crippen MR) is 71.1 cm³/mol. The monoisotopic (exact) mass is 210 g/mol. The highest BCUT2D eigenvalue weighted by Gasteiger charge is 2.03. The smallest absolute Gasteiger partial charge is 0.0323 e. The lowest BCUT2D eigenvalue weighted by Gasteiger charge is -2.12. The van der Waals surface area contributed by atoms with Crippen molar-refractivity contribution < 1.29 is 0 Å². The van der Waals surface area contributed by atoms with Gasteiger partial charge in [-0.25, -0.2) is 0 Å². The van der Waals surface area contributed by atoms with Crippen molar-refractivity contribution in [3.63, 3.8) is 0 Å².